The lowest BCUT2D eigenvalue weighted by atomic mass is 10.0. The molecule has 5 aromatic rings. The summed E-state index contributed by atoms with van der Waals surface area (Å²) in [7, 11) is 0. The number of carbonyl (C=O) groups is 6. The van der Waals surface area contributed by atoms with Gasteiger partial charge in [0, 0.05) is 48.6 Å². The number of hydrogen-bond acceptors (Lipinski definition) is 8. The molecule has 15 heteroatoms. The minimum Gasteiger partial charge on any atom is -0.508 e. The number of rotatable bonds is 9. The Morgan fingerprint density at radius 3 is 1.93 bits per heavy atom. The third-order valence-corrected chi connectivity index (χ3v) is 9.40. The number of aromatic amines is 1. The predicted octanol–water partition coefficient (Wildman–Crippen LogP) is 0.983. The summed E-state index contributed by atoms with van der Waals surface area (Å²) in [6.07, 6.45) is 1.70. The van der Waals surface area contributed by atoms with Crippen LogP contribution in [0.2, 0.25) is 0 Å². The summed E-state index contributed by atoms with van der Waals surface area (Å²) in [6.45, 7) is -0.947. The van der Waals surface area contributed by atoms with E-state index in [0.717, 1.165) is 16.5 Å². The minimum absolute atomic E-state index is 0.00874. The van der Waals surface area contributed by atoms with Gasteiger partial charge in [-0.1, -0.05) is 72.8 Å². The van der Waals surface area contributed by atoms with Gasteiger partial charge in [-0.25, -0.2) is 0 Å². The zero-order valence-electron chi connectivity index (χ0n) is 30.2. The van der Waals surface area contributed by atoms with Crippen molar-refractivity contribution in [2.45, 2.75) is 43.4 Å². The van der Waals surface area contributed by atoms with Gasteiger partial charge in [-0.15, -0.1) is 0 Å². The van der Waals surface area contributed by atoms with Gasteiger partial charge in [0.25, 0.3) is 5.91 Å². The Balaban J connectivity index is 1.34. The maximum absolute atomic E-state index is 14.2. The summed E-state index contributed by atoms with van der Waals surface area (Å²) in [5.74, 6) is -4.32. The first-order valence-corrected chi connectivity index (χ1v) is 18.0. The zero-order chi connectivity index (χ0) is 39.6. The number of nitrogen functional groups attached to an aromatic ring is 1. The molecule has 1 aromatic heterocycles. The van der Waals surface area contributed by atoms with Crippen molar-refractivity contribution in [2.24, 2.45) is 0 Å². The first-order valence-electron chi connectivity index (χ1n) is 18.0. The van der Waals surface area contributed by atoms with Crippen molar-refractivity contribution in [3.05, 3.63) is 132 Å². The number of aromatic hydroxyl groups is 1. The van der Waals surface area contributed by atoms with E-state index in [9.17, 15) is 33.9 Å². The maximum atomic E-state index is 14.2. The fraction of sp³-hybridized carbons (Fsp3) is 0.220. The number of H-pyrrole nitrogens is 1. The number of fused-ring (bicyclic) bond motifs is 1. The lowest BCUT2D eigenvalue weighted by Crippen LogP contribution is -2.60. The Kier molecular flexibility index (Phi) is 12.2. The molecular formula is C41H42N8O7. The van der Waals surface area contributed by atoms with Crippen molar-refractivity contribution in [3.8, 4) is 5.75 Å². The third-order valence-electron chi connectivity index (χ3n) is 9.40. The van der Waals surface area contributed by atoms with E-state index in [-0.39, 0.29) is 36.3 Å². The summed E-state index contributed by atoms with van der Waals surface area (Å²) in [4.78, 5) is 85.8. The van der Waals surface area contributed by atoms with Crippen LogP contribution in [0.15, 0.2) is 109 Å². The van der Waals surface area contributed by atoms with Gasteiger partial charge >= 0.3 is 0 Å². The van der Waals surface area contributed by atoms with Gasteiger partial charge in [-0.3, -0.25) is 28.8 Å². The van der Waals surface area contributed by atoms with Crippen LogP contribution in [0.25, 0.3) is 10.9 Å². The first-order chi connectivity index (χ1) is 27.0. The lowest BCUT2D eigenvalue weighted by Gasteiger charge is -2.26. The second-order valence-electron chi connectivity index (χ2n) is 13.4. The second kappa shape index (κ2) is 17.8. The van der Waals surface area contributed by atoms with Crippen molar-refractivity contribution >= 4 is 52.0 Å². The molecule has 10 N–H and O–H groups in total. The Labute approximate surface area is 321 Å². The number of carbonyl (C=O) groups excluding carboxylic acids is 6. The van der Waals surface area contributed by atoms with Crippen LogP contribution in [0.5, 0.6) is 5.75 Å². The number of benzene rings is 4. The topological polar surface area (TPSA) is 237 Å². The highest BCUT2D eigenvalue weighted by atomic mass is 16.3. The third kappa shape index (κ3) is 9.87. The quantitative estimate of drug-likeness (QED) is 0.0981. The van der Waals surface area contributed by atoms with E-state index in [2.05, 4.69) is 36.9 Å². The van der Waals surface area contributed by atoms with Crippen LogP contribution in [-0.4, -0.2) is 82.8 Å². The molecule has 0 saturated carbocycles. The average molecular weight is 759 g/mol. The standard InChI is InChI=1S/C41H42N8O7/c42-30-12-6-4-11-29(30)37(52)44-22-35-41(56)47-32(18-24-8-2-1-3-9-24)38(53)45-23-36(51)46-34(20-26-21-43-31-13-7-5-10-28(26)31)40(55)48-33(39(54)49-35)19-25-14-16-27(50)17-15-25/h1-17,21,32-35,43,50H,18-20,22-23,42H2,(H,44,52)(H,45,53)(H,46,51)(H,47,56)(H,48,55)(H,49,54)/t32-,33+,34+,35+/m1/s1. The van der Waals surface area contributed by atoms with E-state index >= 15 is 0 Å². The Hall–Kier alpha value is -7.16. The molecule has 4 atom stereocenters. The average Bonchev–Trinajstić information content (AvgIpc) is 3.61. The molecule has 1 aliphatic rings. The van der Waals surface area contributed by atoms with Gasteiger partial charge < -0.3 is 47.7 Å². The molecule has 1 aliphatic heterocycles. The predicted molar refractivity (Wildman–Crippen MR) is 208 cm³/mol. The molecule has 56 heavy (non-hydrogen) atoms. The highest BCUT2D eigenvalue weighted by Crippen LogP contribution is 2.20. The molecule has 0 unspecified atom stereocenters. The molecule has 1 fully saturated rings. The van der Waals surface area contributed by atoms with Gasteiger partial charge in [-0.2, -0.15) is 0 Å². The van der Waals surface area contributed by atoms with Crippen molar-refractivity contribution < 1.29 is 33.9 Å². The molecule has 6 amide bonds. The first kappa shape index (κ1) is 38.6. The molecule has 0 aliphatic carbocycles. The number of phenolic OH excluding ortho intramolecular Hbond substituents is 1. The smallest absolute Gasteiger partial charge is 0.253 e. The number of hydrogen-bond donors (Lipinski definition) is 9. The number of phenols is 1. The van der Waals surface area contributed by atoms with Crippen molar-refractivity contribution in [2.75, 3.05) is 18.8 Å². The van der Waals surface area contributed by atoms with Crippen LogP contribution in [0.1, 0.15) is 27.0 Å². The van der Waals surface area contributed by atoms with E-state index in [0.29, 0.717) is 11.1 Å². The summed E-state index contributed by atoms with van der Waals surface area (Å²) in [6, 6.07) is 23.5. The van der Waals surface area contributed by atoms with Gasteiger partial charge in [-0.05, 0) is 47.0 Å². The molecule has 288 valence electrons. The van der Waals surface area contributed by atoms with Crippen LogP contribution < -0.4 is 37.6 Å². The fourth-order valence-corrected chi connectivity index (χ4v) is 6.42. The molecule has 1 saturated heterocycles. The van der Waals surface area contributed by atoms with E-state index < -0.39 is 72.7 Å². The maximum Gasteiger partial charge on any atom is 0.253 e. The minimum atomic E-state index is -1.45. The number of amides is 6. The summed E-state index contributed by atoms with van der Waals surface area (Å²) >= 11 is 0. The number of para-hydroxylation sites is 2. The Morgan fingerprint density at radius 1 is 0.643 bits per heavy atom. The van der Waals surface area contributed by atoms with Crippen LogP contribution in [0.4, 0.5) is 5.69 Å². The largest absolute Gasteiger partial charge is 0.508 e. The van der Waals surface area contributed by atoms with E-state index in [1.807, 2.05) is 24.3 Å². The molecule has 4 aromatic carbocycles. The van der Waals surface area contributed by atoms with Gasteiger partial charge in [0.2, 0.25) is 29.5 Å². The number of nitrogens with one attached hydrogen (secondary N) is 7. The summed E-state index contributed by atoms with van der Waals surface area (Å²) in [5, 5.41) is 26.7. The van der Waals surface area contributed by atoms with E-state index in [1.165, 1.54) is 18.2 Å². The second-order valence-corrected chi connectivity index (χ2v) is 13.4. The highest BCUT2D eigenvalue weighted by molar-refractivity contribution is 6.00. The van der Waals surface area contributed by atoms with Gasteiger partial charge in [0.05, 0.1) is 12.1 Å². The molecule has 0 radical (unpaired) electrons. The summed E-state index contributed by atoms with van der Waals surface area (Å²) < 4.78 is 0. The van der Waals surface area contributed by atoms with Crippen LogP contribution in [-0.2, 0) is 43.2 Å². The summed E-state index contributed by atoms with van der Waals surface area (Å²) in [5.41, 5.74) is 9.14. The number of anilines is 1. The SMILES string of the molecule is Nc1ccccc1C(=O)NC[C@@H]1NC(=O)[C@H](Cc2ccc(O)cc2)NC(=O)[C@H](Cc2c[nH]c3ccccc23)NC(=O)CNC(=O)[C@@H](Cc2ccccc2)NC1=O. The molecular weight excluding hydrogens is 716 g/mol. The molecule has 2 heterocycles. The number of nitrogens with two attached hydrogens (primary N) is 1. The fourth-order valence-electron chi connectivity index (χ4n) is 6.42. The van der Waals surface area contributed by atoms with Crippen LogP contribution >= 0.6 is 0 Å². The monoisotopic (exact) mass is 758 g/mol. The normalized spacial score (nSPS) is 19.7. The highest BCUT2D eigenvalue weighted by Gasteiger charge is 2.33. The van der Waals surface area contributed by atoms with Gasteiger partial charge in [0.1, 0.15) is 29.9 Å². The van der Waals surface area contributed by atoms with Gasteiger partial charge in [0.15, 0.2) is 0 Å². The molecule has 0 bridgehead atoms. The zero-order valence-corrected chi connectivity index (χ0v) is 30.2. The lowest BCUT2D eigenvalue weighted by molar-refractivity contribution is -0.133. The van der Waals surface area contributed by atoms with Crippen molar-refractivity contribution in [3.63, 3.8) is 0 Å². The Morgan fingerprint density at radius 2 is 1.21 bits per heavy atom. The van der Waals surface area contributed by atoms with E-state index in [4.69, 9.17) is 5.73 Å². The molecule has 6 rings (SSSR count). The van der Waals surface area contributed by atoms with Crippen molar-refractivity contribution in [1.29, 1.82) is 0 Å². The van der Waals surface area contributed by atoms with Crippen LogP contribution in [0.3, 0.4) is 0 Å². The molecule has 15 nitrogen and oxygen atoms in total. The number of aromatic nitrogens is 1. The van der Waals surface area contributed by atoms with E-state index in [1.54, 1.807) is 66.9 Å². The van der Waals surface area contributed by atoms with Crippen LogP contribution in [0, 0.1) is 0 Å². The molecule has 0 spiro atoms. The van der Waals surface area contributed by atoms with Crippen molar-refractivity contribution in [1.82, 2.24) is 36.9 Å². The Bertz CT molecular complexity index is 2220.